The van der Waals surface area contributed by atoms with Crippen LogP contribution in [0.15, 0.2) is 0 Å². The minimum Gasteiger partial charge on any atom is -0.466 e. The maximum absolute atomic E-state index is 12.3. The van der Waals surface area contributed by atoms with Gasteiger partial charge in [-0.05, 0) is 26.7 Å². The molecular weight excluding hydrogens is 524 g/mol. The minimum atomic E-state index is -0.0710. The summed E-state index contributed by atoms with van der Waals surface area (Å²) in [4.78, 5) is 29.4. The van der Waals surface area contributed by atoms with Gasteiger partial charge in [-0.15, -0.1) is 0 Å². The van der Waals surface area contributed by atoms with Crippen molar-refractivity contribution in [2.45, 2.75) is 181 Å². The topological polar surface area (TPSA) is 59.1 Å². The number of ether oxygens (including phenoxy) is 2. The lowest BCUT2D eigenvalue weighted by atomic mass is 10.1. The SMILES string of the molecule is CCCCCCCCCCCCOC(=O)CCN1CC(C)N(CCC(=O)OCCCCCCCCCCCC)CC1C. The molecule has 0 aromatic carbocycles. The highest BCUT2D eigenvalue weighted by atomic mass is 16.5. The van der Waals surface area contributed by atoms with Crippen LogP contribution in [0.2, 0.25) is 0 Å². The Balaban J connectivity index is 2.02. The number of esters is 2. The third-order valence-electron chi connectivity index (χ3n) is 8.97. The number of nitrogens with zero attached hydrogens (tertiary/aromatic N) is 2. The Labute approximate surface area is 261 Å². The number of carbonyl (C=O) groups is 2. The van der Waals surface area contributed by atoms with Crippen LogP contribution in [0.25, 0.3) is 0 Å². The van der Waals surface area contributed by atoms with Crippen LogP contribution >= 0.6 is 0 Å². The first-order valence-electron chi connectivity index (χ1n) is 18.3. The third kappa shape index (κ3) is 21.5. The summed E-state index contributed by atoms with van der Waals surface area (Å²) in [5.74, 6) is -0.142. The van der Waals surface area contributed by atoms with Crippen LogP contribution in [0.1, 0.15) is 169 Å². The van der Waals surface area contributed by atoms with E-state index < -0.39 is 0 Å². The van der Waals surface area contributed by atoms with Crippen molar-refractivity contribution in [2.75, 3.05) is 39.4 Å². The van der Waals surface area contributed by atoms with Crippen LogP contribution in [0, 0.1) is 0 Å². The number of piperazine rings is 1. The van der Waals surface area contributed by atoms with Gasteiger partial charge in [-0.25, -0.2) is 0 Å². The molecule has 2 atom stereocenters. The molecule has 1 aliphatic rings. The molecule has 42 heavy (non-hydrogen) atoms. The quantitative estimate of drug-likeness (QED) is 0.0665. The van der Waals surface area contributed by atoms with Crippen molar-refractivity contribution in [1.82, 2.24) is 9.80 Å². The second-order valence-corrected chi connectivity index (χ2v) is 13.0. The number of rotatable bonds is 28. The maximum atomic E-state index is 12.3. The van der Waals surface area contributed by atoms with Gasteiger partial charge in [-0.1, -0.05) is 129 Å². The summed E-state index contributed by atoms with van der Waals surface area (Å²) in [5.41, 5.74) is 0. The first-order valence-corrected chi connectivity index (χ1v) is 18.3. The standard InChI is InChI=1S/C36H70N2O4/c1-5-7-9-11-13-15-17-19-21-23-29-41-35(39)25-27-37-31-34(4)38(32-33(37)3)28-26-36(40)42-30-24-22-20-18-16-14-12-10-8-6-2/h33-34H,5-32H2,1-4H3. The fourth-order valence-electron chi connectivity index (χ4n) is 6.06. The summed E-state index contributed by atoms with van der Waals surface area (Å²) in [6.45, 7) is 13.4. The molecule has 0 N–H and O–H groups in total. The molecule has 0 aliphatic carbocycles. The monoisotopic (exact) mass is 595 g/mol. The van der Waals surface area contributed by atoms with Gasteiger partial charge in [0.25, 0.3) is 0 Å². The molecule has 6 heteroatoms. The van der Waals surface area contributed by atoms with Crippen LogP contribution in [-0.2, 0) is 19.1 Å². The molecule has 6 nitrogen and oxygen atoms in total. The van der Waals surface area contributed by atoms with Crippen molar-refractivity contribution in [3.63, 3.8) is 0 Å². The molecule has 2 unspecified atom stereocenters. The number of unbranched alkanes of at least 4 members (excludes halogenated alkanes) is 18. The highest BCUT2D eigenvalue weighted by Crippen LogP contribution is 2.17. The van der Waals surface area contributed by atoms with Crippen molar-refractivity contribution < 1.29 is 19.1 Å². The van der Waals surface area contributed by atoms with E-state index in [1.807, 2.05) is 0 Å². The first-order chi connectivity index (χ1) is 20.5. The van der Waals surface area contributed by atoms with E-state index in [1.165, 1.54) is 103 Å². The zero-order valence-electron chi connectivity index (χ0n) is 28.5. The molecule has 0 aromatic heterocycles. The molecule has 1 heterocycles. The lowest BCUT2D eigenvalue weighted by Crippen LogP contribution is -2.56. The Hall–Kier alpha value is -1.14. The molecule has 0 amide bonds. The van der Waals surface area contributed by atoms with E-state index in [0.29, 0.717) is 38.1 Å². The van der Waals surface area contributed by atoms with Crippen LogP contribution < -0.4 is 0 Å². The summed E-state index contributed by atoms with van der Waals surface area (Å²) >= 11 is 0. The van der Waals surface area contributed by atoms with Crippen molar-refractivity contribution in [3.05, 3.63) is 0 Å². The van der Waals surface area contributed by atoms with Gasteiger partial charge < -0.3 is 9.47 Å². The van der Waals surface area contributed by atoms with Gasteiger partial charge in [0.1, 0.15) is 0 Å². The van der Waals surface area contributed by atoms with Crippen molar-refractivity contribution in [1.29, 1.82) is 0 Å². The Bertz CT molecular complexity index is 590. The van der Waals surface area contributed by atoms with Gasteiger partial charge in [0.2, 0.25) is 0 Å². The Morgan fingerprint density at radius 3 is 1.10 bits per heavy atom. The van der Waals surface area contributed by atoms with E-state index in [1.54, 1.807) is 0 Å². The fraction of sp³-hybridized carbons (Fsp3) is 0.944. The van der Waals surface area contributed by atoms with Crippen LogP contribution in [-0.4, -0.2) is 73.2 Å². The van der Waals surface area contributed by atoms with Crippen molar-refractivity contribution >= 4 is 11.9 Å². The van der Waals surface area contributed by atoms with E-state index in [0.717, 1.165) is 51.9 Å². The zero-order chi connectivity index (χ0) is 30.7. The van der Waals surface area contributed by atoms with Gasteiger partial charge in [0, 0.05) is 38.3 Å². The van der Waals surface area contributed by atoms with E-state index >= 15 is 0 Å². The summed E-state index contributed by atoms with van der Waals surface area (Å²) < 4.78 is 11.0. The predicted octanol–water partition coefficient (Wildman–Crippen LogP) is 9.09. The molecule has 1 rings (SSSR count). The van der Waals surface area contributed by atoms with Gasteiger partial charge >= 0.3 is 11.9 Å². The largest absolute Gasteiger partial charge is 0.466 e. The molecule has 1 aliphatic heterocycles. The first kappa shape index (κ1) is 38.9. The van der Waals surface area contributed by atoms with Crippen LogP contribution in [0.4, 0.5) is 0 Å². The van der Waals surface area contributed by atoms with E-state index in [9.17, 15) is 9.59 Å². The maximum Gasteiger partial charge on any atom is 0.307 e. The molecule has 1 fully saturated rings. The lowest BCUT2D eigenvalue weighted by Gasteiger charge is -2.44. The van der Waals surface area contributed by atoms with Gasteiger partial charge in [0.15, 0.2) is 0 Å². The fourth-order valence-corrected chi connectivity index (χ4v) is 6.06. The van der Waals surface area contributed by atoms with Crippen molar-refractivity contribution in [2.24, 2.45) is 0 Å². The van der Waals surface area contributed by atoms with E-state index in [2.05, 4.69) is 37.5 Å². The molecule has 0 bridgehead atoms. The van der Waals surface area contributed by atoms with E-state index in [4.69, 9.17) is 9.47 Å². The highest BCUT2D eigenvalue weighted by molar-refractivity contribution is 5.69. The second-order valence-electron chi connectivity index (χ2n) is 13.0. The lowest BCUT2D eigenvalue weighted by molar-refractivity contribution is -0.146. The molecule has 0 radical (unpaired) electrons. The predicted molar refractivity (Wildman–Crippen MR) is 177 cm³/mol. The van der Waals surface area contributed by atoms with E-state index in [-0.39, 0.29) is 11.9 Å². The summed E-state index contributed by atoms with van der Waals surface area (Å²) in [6.07, 6.45) is 26.6. The third-order valence-corrected chi connectivity index (χ3v) is 8.97. The molecule has 0 aromatic rings. The summed E-state index contributed by atoms with van der Waals surface area (Å²) in [7, 11) is 0. The second kappa shape index (κ2) is 27.4. The Kier molecular flexibility index (Phi) is 25.4. The number of hydrogen-bond acceptors (Lipinski definition) is 6. The molecule has 0 saturated carbocycles. The molecule has 248 valence electrons. The smallest absolute Gasteiger partial charge is 0.307 e. The minimum absolute atomic E-state index is 0.0710. The summed E-state index contributed by atoms with van der Waals surface area (Å²) in [5, 5.41) is 0. The van der Waals surface area contributed by atoms with Gasteiger partial charge in [-0.2, -0.15) is 0 Å². The average Bonchev–Trinajstić information content (AvgIpc) is 2.98. The van der Waals surface area contributed by atoms with Gasteiger partial charge in [0.05, 0.1) is 26.1 Å². The number of hydrogen-bond donors (Lipinski definition) is 0. The average molecular weight is 595 g/mol. The van der Waals surface area contributed by atoms with Crippen LogP contribution in [0.5, 0.6) is 0 Å². The molecule has 0 spiro atoms. The highest BCUT2D eigenvalue weighted by Gasteiger charge is 2.29. The Morgan fingerprint density at radius 1 is 0.500 bits per heavy atom. The van der Waals surface area contributed by atoms with Gasteiger partial charge in [-0.3, -0.25) is 19.4 Å². The summed E-state index contributed by atoms with van der Waals surface area (Å²) in [6, 6.07) is 0.720. The zero-order valence-corrected chi connectivity index (χ0v) is 28.5. The normalized spacial score (nSPS) is 17.9. The molecule has 1 saturated heterocycles. The number of carbonyl (C=O) groups excluding carboxylic acids is 2. The van der Waals surface area contributed by atoms with Crippen LogP contribution in [0.3, 0.4) is 0 Å². The molecular formula is C36H70N2O4. The Morgan fingerprint density at radius 2 is 0.786 bits per heavy atom. The van der Waals surface area contributed by atoms with Crippen molar-refractivity contribution in [3.8, 4) is 0 Å².